The van der Waals surface area contributed by atoms with Gasteiger partial charge in [-0.05, 0) is 25.1 Å². The number of carbonyl (C=O) groups is 1. The number of pyridine rings is 1. The zero-order chi connectivity index (χ0) is 23.7. The summed E-state index contributed by atoms with van der Waals surface area (Å²) in [5.41, 5.74) is 4.16. The van der Waals surface area contributed by atoms with Crippen LogP contribution in [0.1, 0.15) is 5.56 Å². The van der Waals surface area contributed by atoms with Gasteiger partial charge in [-0.2, -0.15) is 0 Å². The molecule has 7 nitrogen and oxygen atoms in total. The number of piperazine rings is 1. The number of halogens is 1. The number of hydrogen-bond acceptors (Lipinski definition) is 6. The smallest absolute Gasteiger partial charge is 0.250 e. The van der Waals surface area contributed by atoms with Crippen molar-refractivity contribution in [2.24, 2.45) is 0 Å². The van der Waals surface area contributed by atoms with Gasteiger partial charge >= 0.3 is 0 Å². The van der Waals surface area contributed by atoms with Gasteiger partial charge in [-0.15, -0.1) is 11.3 Å². The van der Waals surface area contributed by atoms with Gasteiger partial charge in [-0.25, -0.2) is 9.37 Å². The fourth-order valence-electron chi connectivity index (χ4n) is 4.17. The van der Waals surface area contributed by atoms with Gasteiger partial charge in [0.05, 0.1) is 23.4 Å². The minimum absolute atomic E-state index is 0.109. The van der Waals surface area contributed by atoms with Gasteiger partial charge in [0, 0.05) is 48.6 Å². The third kappa shape index (κ3) is 4.85. The van der Waals surface area contributed by atoms with Crippen LogP contribution in [-0.4, -0.2) is 53.5 Å². The quantitative estimate of drug-likeness (QED) is 0.456. The van der Waals surface area contributed by atoms with Crippen molar-refractivity contribution in [3.05, 3.63) is 75.6 Å². The number of benzene rings is 2. The van der Waals surface area contributed by atoms with Crippen LogP contribution in [0.2, 0.25) is 0 Å². The molecule has 0 radical (unpaired) electrons. The summed E-state index contributed by atoms with van der Waals surface area (Å²) in [5.74, 6) is -0.453. The number of rotatable bonds is 5. The van der Waals surface area contributed by atoms with E-state index in [1.807, 2.05) is 36.6 Å². The Morgan fingerprint density at radius 1 is 1.12 bits per heavy atom. The molecule has 2 aromatic carbocycles. The Morgan fingerprint density at radius 3 is 2.65 bits per heavy atom. The van der Waals surface area contributed by atoms with Crippen molar-refractivity contribution in [1.82, 2.24) is 14.9 Å². The van der Waals surface area contributed by atoms with E-state index in [1.165, 1.54) is 35.1 Å². The molecule has 9 heteroatoms. The maximum atomic E-state index is 13.8. The van der Waals surface area contributed by atoms with Gasteiger partial charge in [0.2, 0.25) is 11.5 Å². The number of fused-ring (bicyclic) bond motifs is 1. The number of thiazole rings is 1. The summed E-state index contributed by atoms with van der Waals surface area (Å²) >= 11 is 1.41. The third-order valence-corrected chi connectivity index (χ3v) is 6.72. The highest BCUT2D eigenvalue weighted by atomic mass is 32.1. The summed E-state index contributed by atoms with van der Waals surface area (Å²) in [5, 5.41) is 6.10. The SMILES string of the molecule is Cc1ccc(-c2csc(NC(=O)CN3CCN(c4cc(=O)[nH]c5ccc(F)cc45)CC3)n2)cc1. The molecule has 0 bridgehead atoms. The molecule has 2 N–H and O–H groups in total. The number of aromatic amines is 1. The molecule has 1 saturated heterocycles. The average Bonchev–Trinajstić information content (AvgIpc) is 3.28. The number of nitrogens with zero attached hydrogens (tertiary/aromatic N) is 3. The largest absolute Gasteiger partial charge is 0.368 e. The van der Waals surface area contributed by atoms with Crippen LogP contribution in [0.4, 0.5) is 15.2 Å². The first-order valence-electron chi connectivity index (χ1n) is 11.1. The van der Waals surface area contributed by atoms with Crippen molar-refractivity contribution >= 4 is 39.0 Å². The molecule has 2 aromatic heterocycles. The molecular weight excluding hydrogens is 453 g/mol. The first kappa shape index (κ1) is 22.2. The molecule has 174 valence electrons. The van der Waals surface area contributed by atoms with E-state index < -0.39 is 0 Å². The van der Waals surface area contributed by atoms with Gasteiger partial charge in [-0.3, -0.25) is 14.5 Å². The summed E-state index contributed by atoms with van der Waals surface area (Å²) in [6.07, 6.45) is 0. The molecule has 34 heavy (non-hydrogen) atoms. The Hall–Kier alpha value is -3.56. The molecule has 0 unspecified atom stereocenters. The number of nitrogens with one attached hydrogen (secondary N) is 2. The van der Waals surface area contributed by atoms with E-state index in [1.54, 1.807) is 6.07 Å². The highest BCUT2D eigenvalue weighted by Crippen LogP contribution is 2.27. The van der Waals surface area contributed by atoms with E-state index in [0.29, 0.717) is 47.9 Å². The molecule has 3 heterocycles. The van der Waals surface area contributed by atoms with Crippen LogP contribution in [0.3, 0.4) is 0 Å². The van der Waals surface area contributed by atoms with Crippen LogP contribution in [0.15, 0.2) is 58.7 Å². The van der Waals surface area contributed by atoms with Crippen LogP contribution in [0.5, 0.6) is 0 Å². The fourth-order valence-corrected chi connectivity index (χ4v) is 4.90. The van der Waals surface area contributed by atoms with Crippen molar-refractivity contribution in [3.63, 3.8) is 0 Å². The van der Waals surface area contributed by atoms with Crippen molar-refractivity contribution < 1.29 is 9.18 Å². The zero-order valence-corrected chi connectivity index (χ0v) is 19.5. The van der Waals surface area contributed by atoms with Crippen molar-refractivity contribution in [2.75, 3.05) is 42.9 Å². The lowest BCUT2D eigenvalue weighted by molar-refractivity contribution is -0.117. The number of amides is 1. The van der Waals surface area contributed by atoms with E-state index in [0.717, 1.165) is 11.3 Å². The van der Waals surface area contributed by atoms with E-state index >= 15 is 0 Å². The summed E-state index contributed by atoms with van der Waals surface area (Å²) in [4.78, 5) is 36.1. The molecular formula is C25H24FN5O2S. The van der Waals surface area contributed by atoms with Crippen molar-refractivity contribution in [3.8, 4) is 11.3 Å². The first-order valence-corrected chi connectivity index (χ1v) is 11.9. The van der Waals surface area contributed by atoms with Gasteiger partial charge in [-0.1, -0.05) is 29.8 Å². The van der Waals surface area contributed by atoms with Crippen LogP contribution in [0, 0.1) is 12.7 Å². The molecule has 1 amide bonds. The lowest BCUT2D eigenvalue weighted by Gasteiger charge is -2.36. The number of aryl methyl sites for hydroxylation is 1. The molecule has 1 aliphatic rings. The molecule has 0 saturated carbocycles. The van der Waals surface area contributed by atoms with Gasteiger partial charge in [0.1, 0.15) is 5.82 Å². The summed E-state index contributed by atoms with van der Waals surface area (Å²) in [6.45, 7) is 4.89. The third-order valence-electron chi connectivity index (χ3n) is 5.96. The lowest BCUT2D eigenvalue weighted by Crippen LogP contribution is -2.49. The second-order valence-corrected chi connectivity index (χ2v) is 9.28. The zero-order valence-electron chi connectivity index (χ0n) is 18.7. The highest BCUT2D eigenvalue weighted by molar-refractivity contribution is 7.14. The second kappa shape index (κ2) is 9.36. The topological polar surface area (TPSA) is 81.3 Å². The Kier molecular flexibility index (Phi) is 6.12. The van der Waals surface area contributed by atoms with Crippen LogP contribution in [0.25, 0.3) is 22.2 Å². The molecule has 1 fully saturated rings. The molecule has 5 rings (SSSR count). The molecule has 0 spiro atoms. The summed E-state index contributed by atoms with van der Waals surface area (Å²) in [6, 6.07) is 14.0. The minimum atomic E-state index is -0.344. The van der Waals surface area contributed by atoms with E-state index in [9.17, 15) is 14.0 Å². The molecule has 1 aliphatic heterocycles. The van der Waals surface area contributed by atoms with Gasteiger partial charge in [0.15, 0.2) is 5.13 Å². The maximum Gasteiger partial charge on any atom is 0.250 e. The first-order chi connectivity index (χ1) is 16.4. The summed E-state index contributed by atoms with van der Waals surface area (Å²) < 4.78 is 13.8. The van der Waals surface area contributed by atoms with Crippen molar-refractivity contribution in [1.29, 1.82) is 0 Å². The number of aromatic nitrogens is 2. The molecule has 4 aromatic rings. The second-order valence-electron chi connectivity index (χ2n) is 8.42. The van der Waals surface area contributed by atoms with E-state index in [2.05, 4.69) is 25.1 Å². The Bertz CT molecular complexity index is 1390. The number of carbonyl (C=O) groups excluding carboxylic acids is 1. The van der Waals surface area contributed by atoms with Crippen LogP contribution in [-0.2, 0) is 4.79 Å². The monoisotopic (exact) mass is 477 g/mol. The Morgan fingerprint density at radius 2 is 1.88 bits per heavy atom. The standard InChI is InChI=1S/C25H24FN5O2S/c1-16-2-4-17(5-3-16)21-15-34-25(28-21)29-24(33)14-30-8-10-31(11-9-30)22-13-23(32)27-20-7-6-18(26)12-19(20)22/h2-7,12-13,15H,8-11,14H2,1H3,(H,27,32)(H,28,29,33). The van der Waals surface area contributed by atoms with Crippen LogP contribution < -0.4 is 15.8 Å². The average molecular weight is 478 g/mol. The highest BCUT2D eigenvalue weighted by Gasteiger charge is 2.21. The maximum absolute atomic E-state index is 13.8. The number of H-pyrrole nitrogens is 1. The lowest BCUT2D eigenvalue weighted by atomic mass is 10.1. The Labute approximate surface area is 199 Å². The molecule has 0 aliphatic carbocycles. The minimum Gasteiger partial charge on any atom is -0.368 e. The molecule has 0 atom stereocenters. The summed E-state index contributed by atoms with van der Waals surface area (Å²) in [7, 11) is 0. The van der Waals surface area contributed by atoms with E-state index in [4.69, 9.17) is 0 Å². The van der Waals surface area contributed by atoms with Gasteiger partial charge in [0.25, 0.3) is 0 Å². The van der Waals surface area contributed by atoms with E-state index in [-0.39, 0.29) is 23.8 Å². The van der Waals surface area contributed by atoms with Crippen molar-refractivity contribution in [2.45, 2.75) is 6.92 Å². The number of anilines is 2. The Balaban J connectivity index is 1.19. The van der Waals surface area contributed by atoms with Crippen LogP contribution >= 0.6 is 11.3 Å². The predicted octanol–water partition coefficient (Wildman–Crippen LogP) is 3.86. The number of hydrogen-bond donors (Lipinski definition) is 2. The predicted molar refractivity (Wildman–Crippen MR) is 134 cm³/mol. The fraction of sp³-hybridized carbons (Fsp3) is 0.240. The van der Waals surface area contributed by atoms with Gasteiger partial charge < -0.3 is 15.2 Å². The normalized spacial score (nSPS) is 14.5.